The Morgan fingerprint density at radius 1 is 1.10 bits per heavy atom. The third-order valence-corrected chi connectivity index (χ3v) is 3.22. The van der Waals surface area contributed by atoms with Crippen LogP contribution in [-0.4, -0.2) is 5.91 Å². The van der Waals surface area contributed by atoms with Gasteiger partial charge in [0.15, 0.2) is 11.6 Å². The summed E-state index contributed by atoms with van der Waals surface area (Å²) in [6, 6.07) is 5.96. The summed E-state index contributed by atoms with van der Waals surface area (Å²) in [7, 11) is 0. The number of halogens is 4. The first-order valence-electron chi connectivity index (χ1n) is 5.40. The van der Waals surface area contributed by atoms with Gasteiger partial charge in [-0.05, 0) is 52.9 Å². The average Bonchev–Trinajstić information content (AvgIpc) is 2.37. The molecular formula is C13H8F3IN2O. The molecule has 2 aromatic rings. The first-order chi connectivity index (χ1) is 9.40. The maximum Gasteiger partial charge on any atom is 0.250 e. The number of hydrogen-bond donors (Lipinski definition) is 2. The number of nitrogens with two attached hydrogens (primary N) is 1. The first-order valence-corrected chi connectivity index (χ1v) is 6.48. The van der Waals surface area contributed by atoms with Gasteiger partial charge < -0.3 is 11.1 Å². The molecule has 0 aliphatic carbocycles. The van der Waals surface area contributed by atoms with Crippen LogP contribution in [-0.2, 0) is 0 Å². The molecule has 3 N–H and O–H groups in total. The Morgan fingerprint density at radius 3 is 2.40 bits per heavy atom. The minimum absolute atomic E-state index is 0.0857. The van der Waals surface area contributed by atoms with Crippen LogP contribution in [0, 0.1) is 21.0 Å². The van der Waals surface area contributed by atoms with E-state index in [4.69, 9.17) is 5.73 Å². The molecule has 0 saturated heterocycles. The van der Waals surface area contributed by atoms with Crippen LogP contribution in [0.3, 0.4) is 0 Å². The van der Waals surface area contributed by atoms with Crippen LogP contribution in [0.5, 0.6) is 0 Å². The number of benzene rings is 2. The van der Waals surface area contributed by atoms with E-state index in [2.05, 4.69) is 5.32 Å². The number of carbonyl (C=O) groups excluding carboxylic acids is 1. The van der Waals surface area contributed by atoms with Gasteiger partial charge in [0.25, 0.3) is 5.91 Å². The summed E-state index contributed by atoms with van der Waals surface area (Å²) >= 11 is 1.91. The summed E-state index contributed by atoms with van der Waals surface area (Å²) in [6.45, 7) is 0. The lowest BCUT2D eigenvalue weighted by atomic mass is 10.1. The van der Waals surface area contributed by atoms with Gasteiger partial charge in [-0.2, -0.15) is 0 Å². The number of anilines is 2. The van der Waals surface area contributed by atoms with E-state index < -0.39 is 29.0 Å². The van der Waals surface area contributed by atoms with Crippen molar-refractivity contribution < 1.29 is 18.0 Å². The van der Waals surface area contributed by atoms with Crippen molar-refractivity contribution >= 4 is 39.9 Å². The zero-order chi connectivity index (χ0) is 14.9. The van der Waals surface area contributed by atoms with E-state index >= 15 is 0 Å². The van der Waals surface area contributed by atoms with Crippen molar-refractivity contribution in [3.63, 3.8) is 0 Å². The van der Waals surface area contributed by atoms with Crippen LogP contribution in [0.4, 0.5) is 24.5 Å². The third kappa shape index (κ3) is 2.87. The molecular weight excluding hydrogens is 384 g/mol. The van der Waals surface area contributed by atoms with Crippen molar-refractivity contribution in [1.82, 2.24) is 0 Å². The lowest BCUT2D eigenvalue weighted by Crippen LogP contribution is -2.15. The molecule has 0 atom stereocenters. The molecule has 0 bridgehead atoms. The maximum absolute atomic E-state index is 13.7. The van der Waals surface area contributed by atoms with E-state index in [9.17, 15) is 18.0 Å². The molecule has 0 aliphatic rings. The molecule has 0 spiro atoms. The Morgan fingerprint density at radius 2 is 1.80 bits per heavy atom. The van der Waals surface area contributed by atoms with Gasteiger partial charge in [0, 0.05) is 3.57 Å². The molecule has 20 heavy (non-hydrogen) atoms. The van der Waals surface area contributed by atoms with Crippen molar-refractivity contribution in [1.29, 1.82) is 0 Å². The summed E-state index contributed by atoms with van der Waals surface area (Å²) in [6.07, 6.45) is 0. The van der Waals surface area contributed by atoms with Gasteiger partial charge in [-0.1, -0.05) is 0 Å². The summed E-state index contributed by atoms with van der Waals surface area (Å²) in [5.74, 6) is -4.06. The molecule has 0 aliphatic heterocycles. The number of nitrogens with one attached hydrogen (secondary N) is 1. The zero-order valence-electron chi connectivity index (χ0n) is 9.88. The highest BCUT2D eigenvalue weighted by molar-refractivity contribution is 14.1. The van der Waals surface area contributed by atoms with E-state index in [1.165, 1.54) is 12.1 Å². The number of primary amides is 1. The quantitative estimate of drug-likeness (QED) is 0.786. The molecule has 104 valence electrons. The molecule has 0 aromatic heterocycles. The van der Waals surface area contributed by atoms with Gasteiger partial charge in [-0.25, -0.2) is 13.2 Å². The topological polar surface area (TPSA) is 55.1 Å². The number of rotatable bonds is 3. The van der Waals surface area contributed by atoms with E-state index in [0.29, 0.717) is 3.57 Å². The maximum atomic E-state index is 13.7. The number of carbonyl (C=O) groups is 1. The Labute approximate surface area is 126 Å². The second kappa shape index (κ2) is 5.70. The van der Waals surface area contributed by atoms with Crippen LogP contribution in [0.1, 0.15) is 10.4 Å². The number of amides is 1. The fourth-order valence-electron chi connectivity index (χ4n) is 1.60. The summed E-state index contributed by atoms with van der Waals surface area (Å²) < 4.78 is 41.3. The lowest BCUT2D eigenvalue weighted by Gasteiger charge is -2.12. The van der Waals surface area contributed by atoms with Gasteiger partial charge in [0.2, 0.25) is 0 Å². The molecule has 0 fully saturated rings. The van der Waals surface area contributed by atoms with E-state index in [1.54, 1.807) is 6.07 Å². The number of hydrogen-bond acceptors (Lipinski definition) is 2. The van der Waals surface area contributed by atoms with Crippen LogP contribution in [0.25, 0.3) is 0 Å². The molecule has 1 amide bonds. The van der Waals surface area contributed by atoms with Gasteiger partial charge in [0.1, 0.15) is 5.82 Å². The standard InChI is InChI=1S/C13H8F3IN2O/c14-8-3-2-7(13(18)20)12(11(8)16)19-10-4-1-6(17)5-9(10)15/h1-5,19H,(H2,18,20). The lowest BCUT2D eigenvalue weighted by molar-refractivity contribution is 0.100. The third-order valence-electron chi connectivity index (χ3n) is 2.55. The van der Waals surface area contributed by atoms with Crippen molar-refractivity contribution in [3.05, 3.63) is 56.9 Å². The minimum atomic E-state index is -1.29. The van der Waals surface area contributed by atoms with Crippen LogP contribution >= 0.6 is 22.6 Å². The SMILES string of the molecule is NC(=O)c1ccc(F)c(F)c1Nc1ccc(I)cc1F. The van der Waals surface area contributed by atoms with Gasteiger partial charge in [0.05, 0.1) is 16.9 Å². The van der Waals surface area contributed by atoms with E-state index in [1.807, 2.05) is 22.6 Å². The molecule has 2 rings (SSSR count). The molecule has 2 aromatic carbocycles. The summed E-state index contributed by atoms with van der Waals surface area (Å²) in [5.41, 5.74) is 4.25. The van der Waals surface area contributed by atoms with Crippen LogP contribution < -0.4 is 11.1 Å². The average molecular weight is 392 g/mol. The molecule has 3 nitrogen and oxygen atoms in total. The predicted octanol–water partition coefficient (Wildman–Crippen LogP) is 3.55. The molecule has 0 radical (unpaired) electrons. The fraction of sp³-hybridized carbons (Fsp3) is 0. The van der Waals surface area contributed by atoms with Gasteiger partial charge >= 0.3 is 0 Å². The predicted molar refractivity (Wildman–Crippen MR) is 77.3 cm³/mol. The highest BCUT2D eigenvalue weighted by atomic mass is 127. The second-order valence-corrected chi connectivity index (χ2v) is 5.14. The van der Waals surface area contributed by atoms with Crippen molar-refractivity contribution in [2.24, 2.45) is 5.73 Å². The zero-order valence-corrected chi connectivity index (χ0v) is 12.0. The molecule has 0 saturated carbocycles. The summed E-state index contributed by atoms with van der Waals surface area (Å²) in [4.78, 5) is 11.2. The fourth-order valence-corrected chi connectivity index (χ4v) is 2.06. The van der Waals surface area contributed by atoms with Gasteiger partial charge in [-0.15, -0.1) is 0 Å². The first kappa shape index (κ1) is 14.6. The Hall–Kier alpha value is -1.77. The monoisotopic (exact) mass is 392 g/mol. The van der Waals surface area contributed by atoms with Crippen molar-refractivity contribution in [2.75, 3.05) is 5.32 Å². The van der Waals surface area contributed by atoms with Crippen LogP contribution in [0.15, 0.2) is 30.3 Å². The highest BCUT2D eigenvalue weighted by Crippen LogP contribution is 2.28. The Bertz CT molecular complexity index is 692. The molecule has 7 heteroatoms. The Balaban J connectivity index is 2.52. The smallest absolute Gasteiger partial charge is 0.250 e. The van der Waals surface area contributed by atoms with Crippen molar-refractivity contribution in [3.8, 4) is 0 Å². The highest BCUT2D eigenvalue weighted by Gasteiger charge is 2.18. The van der Waals surface area contributed by atoms with E-state index in [0.717, 1.165) is 12.1 Å². The Kier molecular flexibility index (Phi) is 4.17. The molecule has 0 unspecified atom stereocenters. The summed E-state index contributed by atoms with van der Waals surface area (Å²) in [5, 5.41) is 2.36. The normalized spacial score (nSPS) is 10.4. The van der Waals surface area contributed by atoms with E-state index in [-0.39, 0.29) is 11.3 Å². The largest absolute Gasteiger partial charge is 0.366 e. The van der Waals surface area contributed by atoms with Crippen molar-refractivity contribution in [2.45, 2.75) is 0 Å². The molecule has 0 heterocycles. The second-order valence-electron chi connectivity index (χ2n) is 3.90. The van der Waals surface area contributed by atoms with Crippen LogP contribution in [0.2, 0.25) is 0 Å². The van der Waals surface area contributed by atoms with Gasteiger partial charge in [-0.3, -0.25) is 4.79 Å². The minimum Gasteiger partial charge on any atom is -0.366 e.